The van der Waals surface area contributed by atoms with Gasteiger partial charge in [0.2, 0.25) is 0 Å². The molecule has 0 spiro atoms. The molecule has 0 saturated heterocycles. The normalized spacial score (nSPS) is 22.2. The van der Waals surface area contributed by atoms with Crippen molar-refractivity contribution < 1.29 is 31.1 Å². The average Bonchev–Trinajstić information content (AvgIpc) is 3.01. The number of nitriles is 1. The third kappa shape index (κ3) is 7.68. The molecule has 240 valence electrons. The Bertz CT molecular complexity index is 1490. The molecule has 0 unspecified atom stereocenters. The highest BCUT2D eigenvalue weighted by molar-refractivity contribution is 5.65. The summed E-state index contributed by atoms with van der Waals surface area (Å²) >= 11 is 0. The third-order valence-corrected chi connectivity index (χ3v) is 9.96. The number of rotatable bonds is 10. The van der Waals surface area contributed by atoms with Gasteiger partial charge in [-0.25, -0.2) is 17.6 Å². The highest BCUT2D eigenvalue weighted by Gasteiger charge is 2.41. The molecule has 0 heterocycles. The molecule has 0 bridgehead atoms. The smallest absolute Gasteiger partial charge is 0.429 e. The second-order valence-corrected chi connectivity index (χ2v) is 12.8. The molecule has 8 heteroatoms. The summed E-state index contributed by atoms with van der Waals surface area (Å²) in [5.41, 5.74) is -1.59. The summed E-state index contributed by atoms with van der Waals surface area (Å²) in [6.07, 6.45) is 10.3. The minimum atomic E-state index is -4.51. The van der Waals surface area contributed by atoms with Crippen molar-refractivity contribution >= 4 is 0 Å². The van der Waals surface area contributed by atoms with Gasteiger partial charge in [0.25, 0.3) is 0 Å². The molecular weight excluding hydrogens is 588 g/mol. The number of halogens is 6. The van der Waals surface area contributed by atoms with E-state index < -0.39 is 46.3 Å². The average molecular weight is 628 g/mol. The molecule has 0 amide bonds. The van der Waals surface area contributed by atoms with Crippen molar-refractivity contribution in [3.63, 3.8) is 0 Å². The fourth-order valence-electron chi connectivity index (χ4n) is 7.43. The van der Waals surface area contributed by atoms with Crippen molar-refractivity contribution in [3.05, 3.63) is 88.5 Å². The lowest BCUT2D eigenvalue weighted by molar-refractivity contribution is -0.189. The molecule has 3 aromatic rings. The number of ether oxygens (including phenoxy) is 1. The van der Waals surface area contributed by atoms with Gasteiger partial charge in [-0.05, 0) is 104 Å². The van der Waals surface area contributed by atoms with E-state index in [4.69, 9.17) is 5.26 Å². The van der Waals surface area contributed by atoms with Crippen LogP contribution in [0.1, 0.15) is 107 Å². The molecular formula is C37H39F6NO. The van der Waals surface area contributed by atoms with Crippen molar-refractivity contribution in [1.82, 2.24) is 0 Å². The number of hydrogen-bond acceptors (Lipinski definition) is 2. The lowest BCUT2D eigenvalue weighted by Gasteiger charge is -2.38. The van der Waals surface area contributed by atoms with Crippen LogP contribution in [0, 0.1) is 52.4 Å². The van der Waals surface area contributed by atoms with E-state index in [2.05, 4.69) is 11.7 Å². The molecule has 0 aromatic heterocycles. The monoisotopic (exact) mass is 627 g/mol. The maximum absolute atomic E-state index is 15.3. The van der Waals surface area contributed by atoms with Gasteiger partial charge in [0.1, 0.15) is 40.7 Å². The van der Waals surface area contributed by atoms with Crippen LogP contribution >= 0.6 is 0 Å². The van der Waals surface area contributed by atoms with Gasteiger partial charge < -0.3 is 4.74 Å². The van der Waals surface area contributed by atoms with Gasteiger partial charge in [-0.1, -0.05) is 57.6 Å². The van der Waals surface area contributed by atoms with Crippen LogP contribution in [0.3, 0.4) is 0 Å². The summed E-state index contributed by atoms with van der Waals surface area (Å²) in [5.74, 6) is -3.22. The van der Waals surface area contributed by atoms with Crippen LogP contribution in [0.4, 0.5) is 26.3 Å². The summed E-state index contributed by atoms with van der Waals surface area (Å²) in [7, 11) is 0. The number of benzene rings is 3. The zero-order valence-electron chi connectivity index (χ0n) is 25.5. The van der Waals surface area contributed by atoms with Crippen molar-refractivity contribution in [2.75, 3.05) is 0 Å². The number of hydrogen-bond donors (Lipinski definition) is 0. The molecule has 2 nitrogen and oxygen atoms in total. The Labute approximate surface area is 261 Å². The summed E-state index contributed by atoms with van der Waals surface area (Å²) < 4.78 is 93.0. The molecule has 3 aromatic carbocycles. The second-order valence-electron chi connectivity index (χ2n) is 12.8. The number of unbranched alkanes of at least 4 members (excludes halogenated alkanes) is 2. The van der Waals surface area contributed by atoms with E-state index in [-0.39, 0.29) is 17.0 Å². The first-order chi connectivity index (χ1) is 21.6. The molecule has 0 radical (unpaired) electrons. The first kappa shape index (κ1) is 32.9. The van der Waals surface area contributed by atoms with Gasteiger partial charge >= 0.3 is 6.11 Å². The molecule has 0 atom stereocenters. The van der Waals surface area contributed by atoms with Crippen molar-refractivity contribution in [3.8, 4) is 22.9 Å². The molecule has 0 aliphatic heterocycles. The fraction of sp³-hybridized carbons (Fsp3) is 0.486. The zero-order chi connectivity index (χ0) is 32.1. The van der Waals surface area contributed by atoms with E-state index in [0.29, 0.717) is 24.1 Å². The highest BCUT2D eigenvalue weighted by Crippen LogP contribution is 2.45. The van der Waals surface area contributed by atoms with E-state index >= 15 is 4.39 Å². The lowest BCUT2D eigenvalue weighted by Crippen LogP contribution is -2.25. The summed E-state index contributed by atoms with van der Waals surface area (Å²) in [6, 6.07) is 9.73. The maximum Gasteiger partial charge on any atom is 0.432 e. The van der Waals surface area contributed by atoms with E-state index in [0.717, 1.165) is 55.2 Å². The Hall–Kier alpha value is -3.47. The largest absolute Gasteiger partial charge is 0.432 e. The lowest BCUT2D eigenvalue weighted by atomic mass is 9.68. The van der Waals surface area contributed by atoms with Crippen LogP contribution in [0.25, 0.3) is 11.1 Å². The first-order valence-electron chi connectivity index (χ1n) is 16.1. The van der Waals surface area contributed by atoms with Gasteiger partial charge in [-0.2, -0.15) is 14.0 Å². The van der Waals surface area contributed by atoms with Crippen LogP contribution in [-0.2, 0) is 6.11 Å². The van der Waals surface area contributed by atoms with Crippen LogP contribution < -0.4 is 4.74 Å². The molecule has 2 saturated carbocycles. The van der Waals surface area contributed by atoms with E-state index in [1.165, 1.54) is 69.6 Å². The SMILES string of the molecule is CCCCCC1CCC(C2CCC(c3ccc(-c4cc(F)c(C(F)(F)Oc5ccc(C#N)c(F)c5)c(F)c4)c(F)c3)CC2)CC1. The van der Waals surface area contributed by atoms with E-state index in [9.17, 15) is 22.0 Å². The van der Waals surface area contributed by atoms with Crippen molar-refractivity contribution in [2.24, 2.45) is 17.8 Å². The predicted octanol–water partition coefficient (Wildman–Crippen LogP) is 11.6. The molecule has 2 aliphatic rings. The van der Waals surface area contributed by atoms with Gasteiger partial charge in [-0.3, -0.25) is 0 Å². The third-order valence-electron chi connectivity index (χ3n) is 9.96. The number of nitrogens with zero attached hydrogens (tertiary/aromatic N) is 1. The minimum Gasteiger partial charge on any atom is -0.429 e. The van der Waals surface area contributed by atoms with Gasteiger partial charge in [0.15, 0.2) is 0 Å². The predicted molar refractivity (Wildman–Crippen MR) is 162 cm³/mol. The summed E-state index contributed by atoms with van der Waals surface area (Å²) in [6.45, 7) is 2.24. The summed E-state index contributed by atoms with van der Waals surface area (Å²) in [4.78, 5) is 0. The first-order valence-corrected chi connectivity index (χ1v) is 16.1. The van der Waals surface area contributed by atoms with Gasteiger partial charge in [0.05, 0.1) is 5.56 Å². The summed E-state index contributed by atoms with van der Waals surface area (Å²) in [5, 5.41) is 8.79. The quantitative estimate of drug-likeness (QED) is 0.166. The molecule has 5 rings (SSSR count). The zero-order valence-corrected chi connectivity index (χ0v) is 25.5. The van der Waals surface area contributed by atoms with E-state index in [1.807, 2.05) is 0 Å². The standard InChI is InChI=1S/C37H39F6NO/c1-2-3-4-5-23-6-8-24(9-7-23)25-10-12-26(13-11-25)27-15-17-31(33(39)18-27)29-19-34(40)36(35(41)20-29)37(42,43)45-30-16-14-28(22-44)32(38)21-30/h14-21,23-26H,2-13H2,1H3. The maximum atomic E-state index is 15.3. The van der Waals surface area contributed by atoms with Crippen LogP contribution in [0.5, 0.6) is 5.75 Å². The number of alkyl halides is 2. The van der Waals surface area contributed by atoms with Crippen LogP contribution in [-0.4, -0.2) is 0 Å². The van der Waals surface area contributed by atoms with Crippen molar-refractivity contribution in [1.29, 1.82) is 5.26 Å². The van der Waals surface area contributed by atoms with Crippen molar-refractivity contribution in [2.45, 2.75) is 96.0 Å². The minimum absolute atomic E-state index is 0.106. The topological polar surface area (TPSA) is 33.0 Å². The van der Waals surface area contributed by atoms with Gasteiger partial charge in [-0.15, -0.1) is 0 Å². The van der Waals surface area contributed by atoms with Gasteiger partial charge in [0, 0.05) is 11.6 Å². The second kappa shape index (κ2) is 14.3. The van der Waals surface area contributed by atoms with Crippen LogP contribution in [0.15, 0.2) is 48.5 Å². The Kier molecular flexibility index (Phi) is 10.5. The fourth-order valence-corrected chi connectivity index (χ4v) is 7.43. The van der Waals surface area contributed by atoms with Crippen LogP contribution in [0.2, 0.25) is 0 Å². The Morgan fingerprint density at radius 1 is 0.756 bits per heavy atom. The molecule has 45 heavy (non-hydrogen) atoms. The molecule has 0 N–H and O–H groups in total. The highest BCUT2D eigenvalue weighted by atomic mass is 19.3. The molecule has 2 fully saturated rings. The Morgan fingerprint density at radius 2 is 1.40 bits per heavy atom. The molecule has 2 aliphatic carbocycles. The Balaban J connectivity index is 1.22. The Morgan fingerprint density at radius 3 is 1.98 bits per heavy atom. The van der Waals surface area contributed by atoms with E-state index in [1.54, 1.807) is 6.07 Å².